The summed E-state index contributed by atoms with van der Waals surface area (Å²) < 4.78 is 0. The smallest absolute Gasteiger partial charge is 0.226 e. The zero-order valence-corrected chi connectivity index (χ0v) is 9.67. The Hall–Kier alpha value is -1.42. The summed E-state index contributed by atoms with van der Waals surface area (Å²) in [7, 11) is 0. The number of rotatable bonds is 0. The summed E-state index contributed by atoms with van der Waals surface area (Å²) in [6.45, 7) is 2.06. The van der Waals surface area contributed by atoms with Crippen LogP contribution < -0.4 is 5.73 Å². The van der Waals surface area contributed by atoms with Gasteiger partial charge in [-0.25, -0.2) is 9.97 Å². The highest BCUT2D eigenvalue weighted by atomic mass is 35.5. The van der Waals surface area contributed by atoms with E-state index in [2.05, 4.69) is 21.9 Å². The number of fused-ring (bicyclic) bond motifs is 2. The van der Waals surface area contributed by atoms with Gasteiger partial charge in [-0.1, -0.05) is 0 Å². The van der Waals surface area contributed by atoms with E-state index in [1.807, 2.05) is 0 Å². The Morgan fingerprint density at radius 2 is 2.00 bits per heavy atom. The molecule has 0 fully saturated rings. The fourth-order valence-electron chi connectivity index (χ4n) is 2.41. The number of nitrogen functional groups attached to an aromatic ring is 1. The summed E-state index contributed by atoms with van der Waals surface area (Å²) in [4.78, 5) is 12.6. The van der Waals surface area contributed by atoms with Crippen molar-refractivity contribution in [2.45, 2.75) is 26.2 Å². The number of anilines is 1. The van der Waals surface area contributed by atoms with Crippen molar-refractivity contribution in [1.82, 2.24) is 15.0 Å². The molecule has 2 N–H and O–H groups in total. The topological polar surface area (TPSA) is 64.7 Å². The van der Waals surface area contributed by atoms with Gasteiger partial charge in [0, 0.05) is 5.69 Å². The second-order valence-electron chi connectivity index (χ2n) is 4.09. The monoisotopic (exact) mass is 234 g/mol. The molecule has 1 aliphatic carbocycles. The van der Waals surface area contributed by atoms with Crippen molar-refractivity contribution in [1.29, 1.82) is 0 Å². The molecular weight excluding hydrogens is 224 g/mol. The summed E-state index contributed by atoms with van der Waals surface area (Å²) in [6.07, 6.45) is 3.25. The van der Waals surface area contributed by atoms with Gasteiger partial charge in [-0.15, -0.1) is 0 Å². The Balaban J connectivity index is 2.46. The van der Waals surface area contributed by atoms with Crippen molar-refractivity contribution in [2.75, 3.05) is 5.73 Å². The Morgan fingerprint density at radius 3 is 2.81 bits per heavy atom. The molecule has 2 aromatic rings. The highest BCUT2D eigenvalue weighted by Crippen LogP contribution is 2.31. The van der Waals surface area contributed by atoms with Gasteiger partial charge in [0.05, 0.1) is 5.39 Å². The molecule has 0 spiro atoms. The molecule has 0 amide bonds. The normalized spacial score (nSPS) is 14.4. The van der Waals surface area contributed by atoms with Crippen LogP contribution in [0.5, 0.6) is 0 Å². The fourth-order valence-corrected chi connectivity index (χ4v) is 2.58. The summed E-state index contributed by atoms with van der Waals surface area (Å²) in [5, 5.41) is 1.01. The highest BCUT2D eigenvalue weighted by Gasteiger charge is 2.19. The van der Waals surface area contributed by atoms with E-state index in [9.17, 15) is 0 Å². The van der Waals surface area contributed by atoms with Gasteiger partial charge in [-0.3, -0.25) is 0 Å². The third-order valence-corrected chi connectivity index (χ3v) is 3.32. The Kier molecular flexibility index (Phi) is 2.01. The quantitative estimate of drug-likeness (QED) is 0.709. The van der Waals surface area contributed by atoms with Crippen LogP contribution in [-0.4, -0.2) is 15.0 Å². The molecule has 5 heteroatoms. The van der Waals surface area contributed by atoms with Crippen LogP contribution >= 0.6 is 11.6 Å². The second-order valence-corrected chi connectivity index (χ2v) is 4.43. The molecule has 2 heterocycles. The van der Waals surface area contributed by atoms with Gasteiger partial charge in [0.2, 0.25) is 5.28 Å². The van der Waals surface area contributed by atoms with E-state index in [1.54, 1.807) is 0 Å². The molecule has 1 aliphatic rings. The Bertz CT molecular complexity index is 594. The van der Waals surface area contributed by atoms with Crippen molar-refractivity contribution in [3.63, 3.8) is 0 Å². The van der Waals surface area contributed by atoms with E-state index in [1.165, 1.54) is 5.56 Å². The van der Waals surface area contributed by atoms with Gasteiger partial charge in [0.1, 0.15) is 5.82 Å². The zero-order valence-electron chi connectivity index (χ0n) is 8.92. The molecule has 0 saturated heterocycles. The van der Waals surface area contributed by atoms with Crippen LogP contribution in [0.25, 0.3) is 11.0 Å². The maximum Gasteiger partial charge on any atom is 0.226 e. The molecule has 16 heavy (non-hydrogen) atoms. The molecule has 0 saturated carbocycles. The van der Waals surface area contributed by atoms with Crippen molar-refractivity contribution in [2.24, 2.45) is 0 Å². The number of hydrogen-bond acceptors (Lipinski definition) is 4. The number of aryl methyl sites for hydroxylation is 2. The van der Waals surface area contributed by atoms with E-state index in [4.69, 9.17) is 17.3 Å². The lowest BCUT2D eigenvalue weighted by Gasteiger charge is -2.09. The minimum absolute atomic E-state index is 0.162. The lowest BCUT2D eigenvalue weighted by Crippen LogP contribution is -2.02. The predicted octanol–water partition coefficient (Wildman–Crippen LogP) is 2.06. The van der Waals surface area contributed by atoms with E-state index >= 15 is 0 Å². The SMILES string of the molecule is Cc1c2c(nc3nc(Cl)nc(N)c13)CCC2. The molecule has 0 unspecified atom stereocenters. The van der Waals surface area contributed by atoms with Gasteiger partial charge in [-0.05, 0) is 48.9 Å². The van der Waals surface area contributed by atoms with Crippen LogP contribution in [0.4, 0.5) is 5.82 Å². The van der Waals surface area contributed by atoms with E-state index < -0.39 is 0 Å². The van der Waals surface area contributed by atoms with E-state index in [0.717, 1.165) is 35.9 Å². The van der Waals surface area contributed by atoms with Crippen LogP contribution in [0.2, 0.25) is 5.28 Å². The molecule has 0 radical (unpaired) electrons. The summed E-state index contributed by atoms with van der Waals surface area (Å²) >= 11 is 5.79. The number of pyridine rings is 1. The first-order chi connectivity index (χ1) is 7.66. The molecule has 4 nitrogen and oxygen atoms in total. The van der Waals surface area contributed by atoms with E-state index in [0.29, 0.717) is 11.5 Å². The highest BCUT2D eigenvalue weighted by molar-refractivity contribution is 6.28. The first-order valence-corrected chi connectivity index (χ1v) is 5.65. The maximum absolute atomic E-state index is 5.88. The van der Waals surface area contributed by atoms with Gasteiger partial charge in [-0.2, -0.15) is 4.98 Å². The lowest BCUT2D eigenvalue weighted by molar-refractivity contribution is 0.899. The molecule has 82 valence electrons. The molecular formula is C11H11ClN4. The third kappa shape index (κ3) is 1.26. The maximum atomic E-state index is 5.88. The number of halogens is 1. The van der Waals surface area contributed by atoms with Gasteiger partial charge in [0.25, 0.3) is 0 Å². The minimum Gasteiger partial charge on any atom is -0.383 e. The first kappa shape index (κ1) is 9.78. The fraction of sp³-hybridized carbons (Fsp3) is 0.364. The molecule has 0 aromatic carbocycles. The van der Waals surface area contributed by atoms with Crippen LogP contribution in [0.3, 0.4) is 0 Å². The first-order valence-electron chi connectivity index (χ1n) is 5.28. The lowest BCUT2D eigenvalue weighted by atomic mass is 10.1. The van der Waals surface area contributed by atoms with Gasteiger partial charge >= 0.3 is 0 Å². The standard InChI is InChI=1S/C11H11ClN4/c1-5-6-3-2-4-7(6)14-10-8(5)9(13)15-11(12)16-10/h2-4H2,1H3,(H2,13,14,15,16). The summed E-state index contributed by atoms with van der Waals surface area (Å²) in [5.41, 5.74) is 10.1. The van der Waals surface area contributed by atoms with Crippen molar-refractivity contribution < 1.29 is 0 Å². The summed E-state index contributed by atoms with van der Waals surface area (Å²) in [5.74, 6) is 0.426. The zero-order chi connectivity index (χ0) is 11.3. The average Bonchev–Trinajstić information content (AvgIpc) is 2.64. The number of nitrogens with zero attached hydrogens (tertiary/aromatic N) is 3. The second kappa shape index (κ2) is 3.28. The molecule has 0 atom stereocenters. The number of nitrogens with two attached hydrogens (primary N) is 1. The van der Waals surface area contributed by atoms with Crippen LogP contribution in [0.1, 0.15) is 23.2 Å². The largest absolute Gasteiger partial charge is 0.383 e. The van der Waals surface area contributed by atoms with Crippen molar-refractivity contribution in [3.05, 3.63) is 22.1 Å². The van der Waals surface area contributed by atoms with Crippen LogP contribution in [-0.2, 0) is 12.8 Å². The number of hydrogen-bond donors (Lipinski definition) is 1. The molecule has 0 aliphatic heterocycles. The van der Waals surface area contributed by atoms with Crippen LogP contribution in [0.15, 0.2) is 0 Å². The molecule has 0 bridgehead atoms. The predicted molar refractivity (Wildman–Crippen MR) is 63.5 cm³/mol. The summed E-state index contributed by atoms with van der Waals surface area (Å²) in [6, 6.07) is 0. The molecule has 3 rings (SSSR count). The van der Waals surface area contributed by atoms with Gasteiger partial charge < -0.3 is 5.73 Å². The molecule has 2 aromatic heterocycles. The van der Waals surface area contributed by atoms with Crippen LogP contribution in [0, 0.1) is 6.92 Å². The Morgan fingerprint density at radius 1 is 1.19 bits per heavy atom. The van der Waals surface area contributed by atoms with E-state index in [-0.39, 0.29) is 5.28 Å². The number of aromatic nitrogens is 3. The Labute approximate surface area is 97.9 Å². The van der Waals surface area contributed by atoms with Crippen molar-refractivity contribution in [3.8, 4) is 0 Å². The average molecular weight is 235 g/mol. The minimum atomic E-state index is 0.162. The third-order valence-electron chi connectivity index (χ3n) is 3.15. The van der Waals surface area contributed by atoms with Crippen molar-refractivity contribution >= 4 is 28.5 Å². The van der Waals surface area contributed by atoms with Gasteiger partial charge in [0.15, 0.2) is 5.65 Å².